The van der Waals surface area contributed by atoms with E-state index in [1.165, 1.54) is 20.1 Å². The Bertz CT molecular complexity index is 2160. The minimum atomic E-state index is -2.90. The number of fused-ring (bicyclic) bond motifs is 3. The quantitative estimate of drug-likeness (QED) is 0.102. The summed E-state index contributed by atoms with van der Waals surface area (Å²) in [6.45, 7) is 14.9. The number of ketones is 2. The van der Waals surface area contributed by atoms with Crippen LogP contribution >= 0.6 is 7.37 Å². The number of aliphatic hydroxyl groups excluding tert-OH is 1. The van der Waals surface area contributed by atoms with Gasteiger partial charge in [0.05, 0.1) is 28.5 Å². The molecule has 0 unspecified atom stereocenters. The molecular weight excluding hydrogens is 902 g/mol. The Morgan fingerprint density at radius 1 is 0.942 bits per heavy atom. The number of Topliss-reactive ketones (excluding diaryl/α,β-unsaturated/α-hetero) is 2. The largest absolute Gasteiger partial charge is 0.460 e. The predicted molar refractivity (Wildman–Crippen MR) is 268 cm³/mol. The maximum absolute atomic E-state index is 14.6. The molecule has 1 saturated carbocycles. The van der Waals surface area contributed by atoms with Gasteiger partial charge in [0.1, 0.15) is 30.1 Å². The highest BCUT2D eigenvalue weighted by molar-refractivity contribution is 7.57. The Kier molecular flexibility index (Phi) is 19.1. The number of carbonyl (C=O) groups excluding carboxylic acids is 4. The van der Waals surface area contributed by atoms with Crippen molar-refractivity contribution in [3.8, 4) is 0 Å². The minimum Gasteiger partial charge on any atom is -0.460 e. The third kappa shape index (κ3) is 16.2. The van der Waals surface area contributed by atoms with Crippen molar-refractivity contribution in [1.29, 1.82) is 0 Å². The number of rotatable bonds is 8. The third-order valence-electron chi connectivity index (χ3n) is 14.7. The molecule has 2 saturated heterocycles. The van der Waals surface area contributed by atoms with E-state index >= 15 is 0 Å². The summed E-state index contributed by atoms with van der Waals surface area (Å²) >= 11 is 0. The van der Waals surface area contributed by atoms with Crippen molar-refractivity contribution >= 4 is 30.8 Å². The average Bonchev–Trinajstić information content (AvgIpc) is 3.32. The highest BCUT2D eigenvalue weighted by Gasteiger charge is 2.53. The van der Waals surface area contributed by atoms with E-state index in [4.69, 9.17) is 36.4 Å². The first-order valence-electron chi connectivity index (χ1n) is 27.8. The molecular formula is C54H86NO13P. The molecule has 1 amide bonds. The van der Waals surface area contributed by atoms with Crippen LogP contribution in [0.5, 0.6) is 0 Å². The van der Waals surface area contributed by atoms with Gasteiger partial charge in [0, 0.05) is 69.9 Å². The van der Waals surface area contributed by atoms with Gasteiger partial charge in [0.15, 0.2) is 7.37 Å². The third-order valence-corrected chi connectivity index (χ3v) is 15.5. The van der Waals surface area contributed by atoms with E-state index in [0.29, 0.717) is 62.5 Å². The molecule has 4 aliphatic rings. The van der Waals surface area contributed by atoms with Crippen LogP contribution in [0.25, 0.3) is 0 Å². The summed E-state index contributed by atoms with van der Waals surface area (Å²) in [5.74, 6) is -10.3. The first kappa shape index (κ1) is 49.5. The van der Waals surface area contributed by atoms with E-state index in [-0.39, 0.29) is 49.1 Å². The number of nitrogens with zero attached hydrogens (tertiary/aromatic N) is 1. The van der Waals surface area contributed by atoms with Crippen LogP contribution in [0.2, 0.25) is 0 Å². The van der Waals surface area contributed by atoms with Gasteiger partial charge in [-0.05, 0) is 118 Å². The summed E-state index contributed by atoms with van der Waals surface area (Å²) in [7, 11) is -2.72. The molecule has 15 heteroatoms. The van der Waals surface area contributed by atoms with Gasteiger partial charge >= 0.3 is 5.97 Å². The number of hydrogen-bond donors (Lipinski definition) is 2. The Morgan fingerprint density at radius 2 is 1.68 bits per heavy atom. The van der Waals surface area contributed by atoms with Crippen LogP contribution in [0.3, 0.4) is 0 Å². The number of allylic oxidation sites excluding steroid dienone is 6. The zero-order valence-electron chi connectivity index (χ0n) is 48.7. The Balaban J connectivity index is 1.79. The van der Waals surface area contributed by atoms with Gasteiger partial charge in [-0.2, -0.15) is 0 Å². The Morgan fingerprint density at radius 3 is 2.35 bits per heavy atom. The van der Waals surface area contributed by atoms with Gasteiger partial charge in [-0.25, -0.2) is 4.79 Å². The number of aliphatic hydroxyl groups is 2. The maximum Gasteiger partial charge on any atom is 0.329 e. The number of ether oxygens (including phenoxy) is 5. The number of hydrogen-bond acceptors (Lipinski definition) is 13. The lowest BCUT2D eigenvalue weighted by molar-refractivity contribution is -0.265. The molecule has 2 bridgehead atoms. The highest BCUT2D eigenvalue weighted by Crippen LogP contribution is 2.45. The number of methoxy groups -OCH3 is 3. The summed E-state index contributed by atoms with van der Waals surface area (Å²) < 4.78 is 97.3. The van der Waals surface area contributed by atoms with Crippen molar-refractivity contribution < 1.29 is 70.4 Å². The van der Waals surface area contributed by atoms with Gasteiger partial charge in [0.2, 0.25) is 5.79 Å². The van der Waals surface area contributed by atoms with Crippen LogP contribution in [-0.2, 0) is 52.0 Å². The maximum atomic E-state index is 14.6. The van der Waals surface area contributed by atoms with Crippen LogP contribution < -0.4 is 0 Å². The Labute approximate surface area is 421 Å². The predicted octanol–water partition coefficient (Wildman–Crippen LogP) is 8.73. The molecule has 0 aromatic rings. The van der Waals surface area contributed by atoms with Crippen LogP contribution in [-0.4, -0.2) is 134 Å². The van der Waals surface area contributed by atoms with Crippen molar-refractivity contribution in [2.75, 3.05) is 41.1 Å². The topological polar surface area (TPSA) is 184 Å². The van der Waals surface area contributed by atoms with Crippen molar-refractivity contribution in [3.05, 3.63) is 59.8 Å². The highest BCUT2D eigenvalue weighted by atomic mass is 31.2. The van der Waals surface area contributed by atoms with Crippen molar-refractivity contribution in [3.63, 3.8) is 0 Å². The molecule has 0 aromatic carbocycles. The summed E-state index contributed by atoms with van der Waals surface area (Å²) in [6, 6.07) is -1.33. The van der Waals surface area contributed by atoms with E-state index in [9.17, 15) is 34.0 Å². The first-order valence-corrected chi connectivity index (χ1v) is 27.3. The van der Waals surface area contributed by atoms with Crippen molar-refractivity contribution in [2.45, 2.75) is 180 Å². The molecule has 3 fully saturated rings. The monoisotopic (exact) mass is 994 g/mol. The van der Waals surface area contributed by atoms with Crippen molar-refractivity contribution in [1.82, 2.24) is 4.90 Å². The molecule has 390 valence electrons. The van der Waals surface area contributed by atoms with E-state index in [0.717, 1.165) is 4.90 Å². The molecule has 69 heavy (non-hydrogen) atoms. The van der Waals surface area contributed by atoms with Gasteiger partial charge < -0.3 is 43.3 Å². The fraction of sp³-hybridized carbons (Fsp3) is 0.741. The molecule has 3 aliphatic heterocycles. The summed E-state index contributed by atoms with van der Waals surface area (Å²) in [6.07, 6.45) is 7.34. The Hall–Kier alpha value is -3.07. The molecule has 15 atom stereocenters. The van der Waals surface area contributed by atoms with Crippen LogP contribution in [0.15, 0.2) is 59.8 Å². The fourth-order valence-corrected chi connectivity index (χ4v) is 11.2. The average molecular weight is 994 g/mol. The summed E-state index contributed by atoms with van der Waals surface area (Å²) in [4.78, 5) is 59.1. The van der Waals surface area contributed by atoms with Gasteiger partial charge in [-0.15, -0.1) is 0 Å². The number of esters is 1. The lowest BCUT2D eigenvalue weighted by Crippen LogP contribution is -2.61. The molecule has 14 nitrogen and oxygen atoms in total. The molecule has 0 aromatic heterocycles. The number of cyclic esters (lactones) is 1. The summed E-state index contributed by atoms with van der Waals surface area (Å²) in [5.41, 5.74) is 1.23. The zero-order valence-corrected chi connectivity index (χ0v) is 43.6. The molecule has 0 radical (unpaired) electrons. The van der Waals surface area contributed by atoms with Gasteiger partial charge in [-0.3, -0.25) is 18.9 Å². The smallest absolute Gasteiger partial charge is 0.329 e. The lowest BCUT2D eigenvalue weighted by atomic mass is 9.78. The van der Waals surface area contributed by atoms with Crippen LogP contribution in [0.4, 0.5) is 0 Å². The number of carbonyl (C=O) groups is 4. The van der Waals surface area contributed by atoms with Crippen LogP contribution in [0, 0.1) is 35.5 Å². The van der Waals surface area contributed by atoms with Gasteiger partial charge in [0.25, 0.3) is 11.7 Å². The molecule has 3 heterocycles. The molecule has 1 aliphatic carbocycles. The van der Waals surface area contributed by atoms with Crippen LogP contribution in [0.1, 0.15) is 134 Å². The summed E-state index contributed by atoms with van der Waals surface area (Å²) in [5, 5.41) is 23.8. The molecule has 2 N–H and O–H groups in total. The van der Waals surface area contributed by atoms with Gasteiger partial charge in [-0.1, -0.05) is 77.6 Å². The van der Waals surface area contributed by atoms with E-state index < -0.39 is 123 Å². The fourth-order valence-electron chi connectivity index (χ4n) is 10.3. The standard InChI is InChI=1S/C54H86NO13P/c1-33-19-15-14-16-20-34(2)46(63-9)31-42-24-22-39(7)54(61,67-42)51(58)52(59)55-26-18-17-21-43(55)53(60)66-47(37(5)29-41-23-25-45(48(30-41)64-10)68-69(12,13)62)32-44(56)36(4)28-38(6)49(57)50(65-11)40(8)35(3)27-33/h14-16,19-20,28,33,35-37,39,41-43,45-50,57,61H,8,17-18,21-27,29-32H2,1-7,9-13H3/b16-14+,19-15+,34-20+,38-28+/t33-,35-,36-,37-,39-,41+,42+,43+,45-,46+,47+,48-,49-,50+,54-/m1/s1/i4D3,9D3. The first-order chi connectivity index (χ1) is 34.8. The SMILES string of the molecule is [2H]C([2H])([2H])O[C@H]1C[C@@H]2CC[C@@H](C)[C@@](O)(O2)C(=O)C(=O)N2CCCC[C@H]2C(=O)O[C@H]([C@H](C)C[C@@H]2CC[C@@H](OP(C)(C)=O)[C@H](OC)C2)CC(=O)[C@H](C([2H])([2H])[2H])/C=C(\C)[C@@H](O)[C@@H](OC)C(=C)[C@H](C)C[C@H](C)/C=C/C=C/C=C/1C. The van der Waals surface area contributed by atoms with E-state index in [2.05, 4.69) is 6.58 Å². The zero-order chi connectivity index (χ0) is 56.4. The second-order valence-electron chi connectivity index (χ2n) is 20.7. The van der Waals surface area contributed by atoms with Crippen molar-refractivity contribution in [2.24, 2.45) is 35.5 Å². The minimum absolute atomic E-state index is 0.00486. The van der Waals surface area contributed by atoms with E-state index in [1.54, 1.807) is 59.4 Å². The number of piperidine rings is 1. The molecule has 4 rings (SSSR count). The van der Waals surface area contributed by atoms with E-state index in [1.807, 2.05) is 26.0 Å². The second kappa shape index (κ2) is 26.6. The normalized spacial score (nSPS) is 40.7. The number of amides is 1. The molecule has 0 spiro atoms. The lowest BCUT2D eigenvalue weighted by Gasteiger charge is -2.42. The second-order valence-corrected chi connectivity index (χ2v) is 23.4.